The third-order valence-corrected chi connectivity index (χ3v) is 3.30. The van der Waals surface area contributed by atoms with Crippen molar-refractivity contribution in [2.45, 2.75) is 13.1 Å². The first-order chi connectivity index (χ1) is 12.2. The normalized spacial score (nSPS) is 11.5. The predicted molar refractivity (Wildman–Crippen MR) is 83.7 cm³/mol. The molecule has 0 aliphatic heterocycles. The Bertz CT molecular complexity index is 938. The quantitative estimate of drug-likeness (QED) is 0.618. The van der Waals surface area contributed by atoms with E-state index in [1.165, 1.54) is 24.3 Å². The fraction of sp³-hybridized carbons (Fsp3) is 0.176. The van der Waals surface area contributed by atoms with Crippen LogP contribution in [0.25, 0.3) is 0 Å². The molecule has 3 rings (SSSR count). The maximum absolute atomic E-state index is 13.2. The highest BCUT2D eigenvalue weighted by atomic mass is 19.4. The molecular formula is C17H13F4N3O2. The summed E-state index contributed by atoms with van der Waals surface area (Å²) < 4.78 is 63.2. The minimum absolute atomic E-state index is 0.00299. The van der Waals surface area contributed by atoms with Crippen LogP contribution < -0.4 is 9.47 Å². The number of ether oxygens (including phenoxy) is 2. The Kier molecular flexibility index (Phi) is 4.54. The molecule has 0 unspecified atom stereocenters. The molecule has 0 saturated heterocycles. The van der Waals surface area contributed by atoms with Crippen LogP contribution in [0.1, 0.15) is 11.3 Å². The summed E-state index contributed by atoms with van der Waals surface area (Å²) in [4.78, 5) is 4.06. The summed E-state index contributed by atoms with van der Waals surface area (Å²) in [5.41, 5.74) is -0.259. The summed E-state index contributed by atoms with van der Waals surface area (Å²) in [7, 11) is 1.16. The van der Waals surface area contributed by atoms with Crippen LogP contribution in [0.3, 0.4) is 0 Å². The van der Waals surface area contributed by atoms with Crippen LogP contribution in [0.15, 0.2) is 42.5 Å². The first-order valence-corrected chi connectivity index (χ1v) is 7.42. The second-order valence-corrected chi connectivity index (χ2v) is 5.47. The summed E-state index contributed by atoms with van der Waals surface area (Å²) in [6, 6.07) is 9.34. The van der Waals surface area contributed by atoms with Crippen LogP contribution in [0.5, 0.6) is 23.4 Å². The Labute approximate surface area is 145 Å². The molecule has 0 radical (unpaired) electrons. The topological polar surface area (TPSA) is 49.2 Å². The first kappa shape index (κ1) is 17.7. The van der Waals surface area contributed by atoms with Gasteiger partial charge in [-0.2, -0.15) is 18.2 Å². The third-order valence-electron chi connectivity index (χ3n) is 3.30. The first-order valence-electron chi connectivity index (χ1n) is 7.42. The van der Waals surface area contributed by atoms with E-state index in [1.807, 2.05) is 0 Å². The molecule has 0 saturated carbocycles. The fourth-order valence-electron chi connectivity index (χ4n) is 2.22. The molecular weight excluding hydrogens is 354 g/mol. The van der Waals surface area contributed by atoms with Crippen LogP contribution >= 0.6 is 0 Å². The standard InChI is InChI=1S/C17H13F4N3O2/c1-10-6-14(25-12-5-3-4-11(18)8-12)22-15(7-10)26-16-9-13(17(19,20)21)24(2)23-16/h3-9H,1-2H3. The number of aromatic nitrogens is 3. The second-order valence-electron chi connectivity index (χ2n) is 5.47. The van der Waals surface area contributed by atoms with Gasteiger partial charge in [0.05, 0.1) is 0 Å². The van der Waals surface area contributed by atoms with E-state index in [0.717, 1.165) is 13.1 Å². The van der Waals surface area contributed by atoms with Gasteiger partial charge in [0, 0.05) is 31.3 Å². The SMILES string of the molecule is Cc1cc(Oc2cccc(F)c2)nc(Oc2cc(C(F)(F)F)n(C)n2)c1. The Morgan fingerprint density at radius 3 is 2.27 bits per heavy atom. The van der Waals surface area contributed by atoms with Crippen molar-refractivity contribution in [3.63, 3.8) is 0 Å². The molecule has 0 fully saturated rings. The van der Waals surface area contributed by atoms with Crippen LogP contribution in [-0.2, 0) is 13.2 Å². The number of aryl methyl sites for hydroxylation is 2. The summed E-state index contributed by atoms with van der Waals surface area (Å²) in [5, 5.41) is 3.67. The Morgan fingerprint density at radius 2 is 1.65 bits per heavy atom. The number of halogens is 4. The van der Waals surface area contributed by atoms with Crippen LogP contribution in [0.4, 0.5) is 17.6 Å². The van der Waals surface area contributed by atoms with Crippen LogP contribution in [0.2, 0.25) is 0 Å². The zero-order chi connectivity index (χ0) is 18.9. The van der Waals surface area contributed by atoms with Crippen LogP contribution in [0, 0.1) is 12.7 Å². The molecule has 1 aromatic carbocycles. The monoisotopic (exact) mass is 367 g/mol. The summed E-state index contributed by atoms with van der Waals surface area (Å²) in [6.45, 7) is 1.73. The molecule has 2 heterocycles. The molecule has 2 aromatic heterocycles. The molecule has 26 heavy (non-hydrogen) atoms. The molecule has 0 N–H and O–H groups in total. The number of alkyl halides is 3. The van der Waals surface area contributed by atoms with Gasteiger partial charge in [0.25, 0.3) is 0 Å². The van der Waals surface area contributed by atoms with E-state index >= 15 is 0 Å². The smallest absolute Gasteiger partial charge is 0.433 e. The minimum atomic E-state index is -4.55. The molecule has 5 nitrogen and oxygen atoms in total. The van der Waals surface area contributed by atoms with Gasteiger partial charge >= 0.3 is 6.18 Å². The summed E-state index contributed by atoms with van der Waals surface area (Å²) in [5.74, 6) is -0.388. The molecule has 0 amide bonds. The zero-order valence-electron chi connectivity index (χ0n) is 13.7. The third kappa shape index (κ3) is 4.11. The molecule has 9 heteroatoms. The van der Waals surface area contributed by atoms with Gasteiger partial charge in [-0.05, 0) is 24.6 Å². The van der Waals surface area contributed by atoms with Crippen molar-refractivity contribution in [2.75, 3.05) is 0 Å². The number of pyridine rings is 1. The highest BCUT2D eigenvalue weighted by Gasteiger charge is 2.35. The van der Waals surface area contributed by atoms with Gasteiger partial charge in [-0.15, -0.1) is 5.10 Å². The Morgan fingerprint density at radius 1 is 0.962 bits per heavy atom. The van der Waals surface area contributed by atoms with Crippen molar-refractivity contribution in [1.82, 2.24) is 14.8 Å². The molecule has 0 spiro atoms. The minimum Gasteiger partial charge on any atom is -0.439 e. The molecule has 0 aliphatic carbocycles. The van der Waals surface area contributed by atoms with Gasteiger partial charge in [0.15, 0.2) is 0 Å². The maximum atomic E-state index is 13.2. The predicted octanol–water partition coefficient (Wildman–Crippen LogP) is 4.87. The van der Waals surface area contributed by atoms with Gasteiger partial charge in [-0.25, -0.2) is 4.39 Å². The molecule has 0 atom stereocenters. The van der Waals surface area contributed by atoms with Crippen molar-refractivity contribution in [1.29, 1.82) is 0 Å². The lowest BCUT2D eigenvalue weighted by Crippen LogP contribution is -2.11. The fourth-order valence-corrected chi connectivity index (χ4v) is 2.22. The number of nitrogens with zero attached hydrogens (tertiary/aromatic N) is 3. The number of hydrogen-bond acceptors (Lipinski definition) is 4. The average molecular weight is 367 g/mol. The summed E-state index contributed by atoms with van der Waals surface area (Å²) in [6.07, 6.45) is -4.55. The second kappa shape index (κ2) is 6.66. The molecule has 136 valence electrons. The number of hydrogen-bond donors (Lipinski definition) is 0. The van der Waals surface area contributed by atoms with E-state index in [4.69, 9.17) is 9.47 Å². The van der Waals surface area contributed by atoms with E-state index in [1.54, 1.807) is 19.1 Å². The van der Waals surface area contributed by atoms with Crippen molar-refractivity contribution < 1.29 is 27.0 Å². The number of benzene rings is 1. The van der Waals surface area contributed by atoms with E-state index in [2.05, 4.69) is 10.1 Å². The van der Waals surface area contributed by atoms with Gasteiger partial charge < -0.3 is 9.47 Å². The maximum Gasteiger partial charge on any atom is 0.433 e. The largest absolute Gasteiger partial charge is 0.439 e. The van der Waals surface area contributed by atoms with Crippen LogP contribution in [-0.4, -0.2) is 14.8 Å². The lowest BCUT2D eigenvalue weighted by atomic mass is 10.3. The lowest BCUT2D eigenvalue weighted by molar-refractivity contribution is -0.143. The van der Waals surface area contributed by atoms with Gasteiger partial charge in [-0.1, -0.05) is 6.07 Å². The Hall–Kier alpha value is -3.10. The van der Waals surface area contributed by atoms with E-state index in [-0.39, 0.29) is 23.4 Å². The summed E-state index contributed by atoms with van der Waals surface area (Å²) >= 11 is 0. The van der Waals surface area contributed by atoms with E-state index in [0.29, 0.717) is 10.2 Å². The van der Waals surface area contributed by atoms with Gasteiger partial charge in [0.2, 0.25) is 17.6 Å². The van der Waals surface area contributed by atoms with E-state index in [9.17, 15) is 17.6 Å². The highest BCUT2D eigenvalue weighted by Crippen LogP contribution is 2.32. The molecule has 0 aliphatic rings. The molecule has 0 bridgehead atoms. The lowest BCUT2D eigenvalue weighted by Gasteiger charge is -2.08. The van der Waals surface area contributed by atoms with E-state index < -0.39 is 17.7 Å². The zero-order valence-corrected chi connectivity index (χ0v) is 13.7. The van der Waals surface area contributed by atoms with Crippen molar-refractivity contribution >= 4 is 0 Å². The van der Waals surface area contributed by atoms with Gasteiger partial charge in [0.1, 0.15) is 17.3 Å². The highest BCUT2D eigenvalue weighted by molar-refractivity contribution is 5.34. The van der Waals surface area contributed by atoms with Gasteiger partial charge in [-0.3, -0.25) is 4.68 Å². The van der Waals surface area contributed by atoms with Crippen molar-refractivity contribution in [3.8, 4) is 23.4 Å². The Balaban J connectivity index is 1.84. The van der Waals surface area contributed by atoms with Crippen molar-refractivity contribution in [2.24, 2.45) is 7.05 Å². The van der Waals surface area contributed by atoms with Crippen molar-refractivity contribution in [3.05, 3.63) is 59.5 Å². The average Bonchev–Trinajstić information content (AvgIpc) is 2.87. The molecule has 3 aromatic rings. The number of rotatable bonds is 4.